The lowest BCUT2D eigenvalue weighted by atomic mass is 10.1. The van der Waals surface area contributed by atoms with Gasteiger partial charge in [-0.15, -0.1) is 0 Å². The molecule has 0 aliphatic carbocycles. The van der Waals surface area contributed by atoms with Gasteiger partial charge in [0.05, 0.1) is 5.56 Å². The second kappa shape index (κ2) is 7.17. The number of esters is 2. The molecule has 0 unspecified atom stereocenters. The molecule has 0 radical (unpaired) electrons. The second-order valence-corrected chi connectivity index (χ2v) is 6.15. The predicted octanol–water partition coefficient (Wildman–Crippen LogP) is 4.04. The van der Waals surface area contributed by atoms with Crippen LogP contribution in [0.3, 0.4) is 0 Å². The summed E-state index contributed by atoms with van der Waals surface area (Å²) in [7, 11) is 0. The molecule has 26 heavy (non-hydrogen) atoms. The molecule has 1 heterocycles. The third-order valence-electron chi connectivity index (χ3n) is 3.96. The minimum atomic E-state index is -1.39. The van der Waals surface area contributed by atoms with Gasteiger partial charge in [-0.25, -0.2) is 14.0 Å². The van der Waals surface area contributed by atoms with E-state index in [1.807, 2.05) is 26.0 Å². The first-order valence-electron chi connectivity index (χ1n) is 7.77. The van der Waals surface area contributed by atoms with Crippen molar-refractivity contribution in [3.05, 3.63) is 75.7 Å². The van der Waals surface area contributed by atoms with E-state index in [0.29, 0.717) is 5.69 Å². The van der Waals surface area contributed by atoms with E-state index < -0.39 is 24.0 Å². The minimum absolute atomic E-state index is 0.0876. The lowest BCUT2D eigenvalue weighted by Gasteiger charge is -2.17. The quantitative estimate of drug-likeness (QED) is 0.817. The summed E-state index contributed by atoms with van der Waals surface area (Å²) < 4.78 is 23.8. The highest BCUT2D eigenvalue weighted by Crippen LogP contribution is 2.29. The number of benzene rings is 2. The van der Waals surface area contributed by atoms with E-state index in [4.69, 9.17) is 21.1 Å². The second-order valence-electron chi connectivity index (χ2n) is 5.77. The number of hydrogen-bond acceptors (Lipinski definition) is 5. The van der Waals surface area contributed by atoms with Crippen molar-refractivity contribution in [3.63, 3.8) is 0 Å². The number of carbonyl (C=O) groups excluding carboxylic acids is 2. The molecule has 2 aromatic rings. The Morgan fingerprint density at radius 3 is 2.62 bits per heavy atom. The summed E-state index contributed by atoms with van der Waals surface area (Å²) in [5, 5.41) is 2.71. The molecule has 0 bridgehead atoms. The molecule has 5 nitrogen and oxygen atoms in total. The van der Waals surface area contributed by atoms with Crippen LogP contribution in [0.1, 0.15) is 21.5 Å². The fraction of sp³-hybridized carbons (Fsp3) is 0.158. The molecule has 0 saturated heterocycles. The van der Waals surface area contributed by atoms with Gasteiger partial charge in [0.1, 0.15) is 11.5 Å². The zero-order valence-corrected chi connectivity index (χ0v) is 14.8. The predicted molar refractivity (Wildman–Crippen MR) is 94.1 cm³/mol. The van der Waals surface area contributed by atoms with Crippen molar-refractivity contribution in [1.82, 2.24) is 0 Å². The summed E-state index contributed by atoms with van der Waals surface area (Å²) in [6, 6.07) is 10.9. The van der Waals surface area contributed by atoms with Crippen molar-refractivity contribution < 1.29 is 23.5 Å². The van der Waals surface area contributed by atoms with Gasteiger partial charge in [0.15, 0.2) is 5.03 Å². The molecule has 7 heteroatoms. The Kier molecular flexibility index (Phi) is 4.95. The van der Waals surface area contributed by atoms with Gasteiger partial charge in [-0.1, -0.05) is 29.8 Å². The van der Waals surface area contributed by atoms with Gasteiger partial charge in [-0.2, -0.15) is 0 Å². The van der Waals surface area contributed by atoms with E-state index in [0.717, 1.165) is 17.2 Å². The zero-order valence-electron chi connectivity index (χ0n) is 14.0. The van der Waals surface area contributed by atoms with Crippen LogP contribution < -0.4 is 5.32 Å². The average molecular weight is 376 g/mol. The Morgan fingerprint density at radius 1 is 1.19 bits per heavy atom. The van der Waals surface area contributed by atoms with E-state index in [9.17, 15) is 14.0 Å². The standard InChI is InChI=1S/C19H15ClFNO4/c1-10-7-8-12(9-11(10)2)22-16-15(20)18(24)26-19(16)25-17(23)13-5-3-4-6-14(13)21/h3-9,19,22H,1-2H3/t19-/m1/s1. The first-order valence-corrected chi connectivity index (χ1v) is 8.15. The summed E-state index contributed by atoms with van der Waals surface area (Å²) in [6.07, 6.45) is -1.39. The average Bonchev–Trinajstić information content (AvgIpc) is 2.86. The van der Waals surface area contributed by atoms with Crippen LogP contribution in [0, 0.1) is 19.7 Å². The van der Waals surface area contributed by atoms with Gasteiger partial charge >= 0.3 is 11.9 Å². The van der Waals surface area contributed by atoms with Crippen LogP contribution in [-0.4, -0.2) is 18.2 Å². The van der Waals surface area contributed by atoms with E-state index in [2.05, 4.69) is 5.32 Å². The lowest BCUT2D eigenvalue weighted by Crippen LogP contribution is -2.24. The monoisotopic (exact) mass is 375 g/mol. The minimum Gasteiger partial charge on any atom is -0.415 e. The number of hydrogen-bond donors (Lipinski definition) is 1. The largest absolute Gasteiger partial charge is 0.415 e. The molecular weight excluding hydrogens is 361 g/mol. The number of halogens is 2. The molecule has 0 amide bonds. The number of aryl methyl sites for hydroxylation is 2. The van der Waals surface area contributed by atoms with Crippen molar-refractivity contribution in [2.45, 2.75) is 20.1 Å². The van der Waals surface area contributed by atoms with Crippen LogP contribution in [0.4, 0.5) is 10.1 Å². The summed E-state index contributed by atoms with van der Waals surface area (Å²) in [6.45, 7) is 3.90. The van der Waals surface area contributed by atoms with Gasteiger partial charge in [0.2, 0.25) is 0 Å². The highest BCUT2D eigenvalue weighted by molar-refractivity contribution is 6.42. The fourth-order valence-electron chi connectivity index (χ4n) is 2.38. The van der Waals surface area contributed by atoms with Gasteiger partial charge in [0, 0.05) is 5.69 Å². The highest BCUT2D eigenvalue weighted by atomic mass is 35.5. The Morgan fingerprint density at radius 2 is 1.92 bits per heavy atom. The number of cyclic esters (lactones) is 1. The Bertz CT molecular complexity index is 926. The van der Waals surface area contributed by atoms with Gasteiger partial charge in [-0.3, -0.25) is 0 Å². The third-order valence-corrected chi connectivity index (χ3v) is 4.32. The molecule has 1 N–H and O–H groups in total. The molecule has 134 valence electrons. The van der Waals surface area contributed by atoms with Crippen LogP contribution >= 0.6 is 11.6 Å². The maximum atomic E-state index is 13.7. The van der Waals surface area contributed by atoms with Crippen LogP contribution in [-0.2, 0) is 14.3 Å². The lowest BCUT2D eigenvalue weighted by molar-refractivity contribution is -0.152. The maximum absolute atomic E-state index is 13.7. The molecule has 1 aliphatic rings. The number of carbonyl (C=O) groups is 2. The van der Waals surface area contributed by atoms with Gasteiger partial charge in [0.25, 0.3) is 6.29 Å². The smallest absolute Gasteiger partial charge is 0.355 e. The number of ether oxygens (including phenoxy) is 2. The number of anilines is 1. The van der Waals surface area contributed by atoms with Crippen LogP contribution in [0.15, 0.2) is 53.2 Å². The highest BCUT2D eigenvalue weighted by Gasteiger charge is 2.37. The fourth-order valence-corrected chi connectivity index (χ4v) is 2.56. The number of rotatable bonds is 4. The van der Waals surface area contributed by atoms with E-state index in [1.54, 1.807) is 6.07 Å². The van der Waals surface area contributed by atoms with Crippen molar-refractivity contribution in [3.8, 4) is 0 Å². The zero-order chi connectivity index (χ0) is 18.8. The van der Waals surface area contributed by atoms with E-state index in [1.165, 1.54) is 18.2 Å². The Balaban J connectivity index is 1.83. The molecule has 1 aliphatic heterocycles. The van der Waals surface area contributed by atoms with E-state index >= 15 is 0 Å². The molecule has 0 aromatic heterocycles. The first kappa shape index (κ1) is 17.9. The molecular formula is C19H15ClFNO4. The SMILES string of the molecule is Cc1ccc(NC2=C(Cl)C(=O)O[C@H]2OC(=O)c2ccccc2F)cc1C. The molecule has 0 fully saturated rings. The molecule has 2 aromatic carbocycles. The van der Waals surface area contributed by atoms with E-state index in [-0.39, 0.29) is 16.3 Å². The summed E-state index contributed by atoms with van der Waals surface area (Å²) in [4.78, 5) is 24.0. The van der Waals surface area contributed by atoms with Crippen LogP contribution in [0.2, 0.25) is 0 Å². The van der Waals surface area contributed by atoms with Crippen molar-refractivity contribution in [2.75, 3.05) is 5.32 Å². The summed E-state index contributed by atoms with van der Waals surface area (Å²) in [5.41, 5.74) is 2.59. The topological polar surface area (TPSA) is 64.6 Å². The van der Waals surface area contributed by atoms with Crippen molar-refractivity contribution in [1.29, 1.82) is 0 Å². The Labute approximate surface area is 154 Å². The van der Waals surface area contributed by atoms with Crippen molar-refractivity contribution in [2.24, 2.45) is 0 Å². The molecule has 1 atom stereocenters. The van der Waals surface area contributed by atoms with Gasteiger partial charge < -0.3 is 14.8 Å². The molecule has 0 spiro atoms. The first-order chi connectivity index (χ1) is 12.4. The van der Waals surface area contributed by atoms with Crippen molar-refractivity contribution >= 4 is 29.2 Å². The number of nitrogens with one attached hydrogen (secondary N) is 1. The van der Waals surface area contributed by atoms with Gasteiger partial charge in [-0.05, 0) is 49.2 Å². The molecule has 3 rings (SSSR count). The normalized spacial score (nSPS) is 16.5. The maximum Gasteiger partial charge on any atom is 0.355 e. The van der Waals surface area contributed by atoms with Crippen LogP contribution in [0.5, 0.6) is 0 Å². The van der Waals surface area contributed by atoms with Crippen LogP contribution in [0.25, 0.3) is 0 Å². The summed E-state index contributed by atoms with van der Waals surface area (Å²) in [5.74, 6) is -2.53. The molecule has 0 saturated carbocycles. The third kappa shape index (κ3) is 3.55. The Hall–Kier alpha value is -2.86. The summed E-state index contributed by atoms with van der Waals surface area (Å²) >= 11 is 5.98.